The highest BCUT2D eigenvalue weighted by molar-refractivity contribution is 5.70. The van der Waals surface area contributed by atoms with Gasteiger partial charge < -0.3 is 15.2 Å². The molecule has 1 fully saturated rings. The largest absolute Gasteiger partial charge is 0.355 e. The normalized spacial score (nSPS) is 13.9. The van der Waals surface area contributed by atoms with Crippen molar-refractivity contribution in [3.8, 4) is 34.4 Å². The highest BCUT2D eigenvalue weighted by Crippen LogP contribution is 2.28. The zero-order valence-corrected chi connectivity index (χ0v) is 16.4. The number of piperazine rings is 1. The Morgan fingerprint density at radius 2 is 1.80 bits per heavy atom. The molecule has 4 aromatic rings. The second-order valence-corrected chi connectivity index (χ2v) is 7.23. The first-order valence-corrected chi connectivity index (χ1v) is 9.97. The van der Waals surface area contributed by atoms with Gasteiger partial charge in [-0.3, -0.25) is 4.57 Å². The summed E-state index contributed by atoms with van der Waals surface area (Å²) in [5, 5.41) is 13.0. The van der Waals surface area contributed by atoms with E-state index in [1.807, 2.05) is 59.3 Å². The van der Waals surface area contributed by atoms with Crippen molar-refractivity contribution >= 4 is 5.82 Å². The zero-order chi connectivity index (χ0) is 20.3. The molecule has 1 saturated heterocycles. The maximum absolute atomic E-state index is 9.62. The second kappa shape index (κ2) is 7.85. The number of rotatable bonds is 4. The van der Waals surface area contributed by atoms with Gasteiger partial charge in [-0.25, -0.2) is 9.97 Å². The van der Waals surface area contributed by atoms with E-state index in [-0.39, 0.29) is 0 Å². The number of H-pyrrole nitrogens is 1. The number of nitrogens with zero attached hydrogens (tertiary/aromatic N) is 5. The van der Waals surface area contributed by atoms with Gasteiger partial charge in [0.2, 0.25) is 0 Å². The Hall–Kier alpha value is -3.89. The summed E-state index contributed by atoms with van der Waals surface area (Å²) in [7, 11) is 0. The Bertz CT molecular complexity index is 1190. The summed E-state index contributed by atoms with van der Waals surface area (Å²) in [5.41, 5.74) is 4.52. The van der Waals surface area contributed by atoms with Crippen LogP contribution in [0.2, 0.25) is 0 Å². The smallest absolute Gasteiger partial charge is 0.138 e. The summed E-state index contributed by atoms with van der Waals surface area (Å²) in [6, 6.07) is 18.3. The van der Waals surface area contributed by atoms with Crippen LogP contribution in [0.4, 0.5) is 5.82 Å². The van der Waals surface area contributed by atoms with E-state index in [0.29, 0.717) is 5.56 Å². The van der Waals surface area contributed by atoms with Crippen molar-refractivity contribution in [1.82, 2.24) is 24.8 Å². The Kier molecular flexibility index (Phi) is 4.75. The number of nitrogens with one attached hydrogen (secondary N) is 2. The Balaban J connectivity index is 1.47. The van der Waals surface area contributed by atoms with Crippen LogP contribution in [0.5, 0.6) is 0 Å². The minimum atomic E-state index is 0.666. The number of hydrogen-bond acceptors (Lipinski definition) is 5. The fraction of sp³-hybridized carbons (Fsp3) is 0.174. The van der Waals surface area contributed by atoms with Crippen molar-refractivity contribution in [3.05, 3.63) is 72.8 Å². The average molecular weight is 395 g/mol. The average Bonchev–Trinajstić information content (AvgIpc) is 3.48. The number of aromatic nitrogens is 4. The van der Waals surface area contributed by atoms with Crippen LogP contribution < -0.4 is 10.2 Å². The number of anilines is 1. The van der Waals surface area contributed by atoms with Gasteiger partial charge in [0.1, 0.15) is 24.0 Å². The van der Waals surface area contributed by atoms with Crippen molar-refractivity contribution in [2.24, 2.45) is 0 Å². The van der Waals surface area contributed by atoms with Gasteiger partial charge in [-0.1, -0.05) is 30.3 Å². The predicted octanol–water partition coefficient (Wildman–Crippen LogP) is 3.21. The van der Waals surface area contributed by atoms with E-state index in [0.717, 1.165) is 60.3 Å². The SMILES string of the molecule is N#Cc1cc(-c2ccnc(-n3cnc(-c4ccccc4)c3)c2)[nH]c1N1CCNCC1. The highest BCUT2D eigenvalue weighted by Gasteiger charge is 2.18. The first-order valence-electron chi connectivity index (χ1n) is 9.97. The molecule has 7 nitrogen and oxygen atoms in total. The molecule has 0 saturated carbocycles. The fourth-order valence-corrected chi connectivity index (χ4v) is 3.76. The van der Waals surface area contributed by atoms with Crippen molar-refractivity contribution in [2.75, 3.05) is 31.1 Å². The lowest BCUT2D eigenvalue weighted by molar-refractivity contribution is 0.585. The van der Waals surface area contributed by atoms with Crippen LogP contribution >= 0.6 is 0 Å². The second-order valence-electron chi connectivity index (χ2n) is 7.23. The predicted molar refractivity (Wildman–Crippen MR) is 116 cm³/mol. The van der Waals surface area contributed by atoms with Crippen LogP contribution in [0.15, 0.2) is 67.3 Å². The van der Waals surface area contributed by atoms with Crippen LogP contribution in [0.25, 0.3) is 28.3 Å². The molecule has 7 heteroatoms. The third-order valence-electron chi connectivity index (χ3n) is 5.32. The Morgan fingerprint density at radius 3 is 2.60 bits per heavy atom. The van der Waals surface area contributed by atoms with E-state index in [4.69, 9.17) is 0 Å². The molecule has 2 N–H and O–H groups in total. The van der Waals surface area contributed by atoms with Crippen molar-refractivity contribution < 1.29 is 0 Å². The zero-order valence-electron chi connectivity index (χ0n) is 16.4. The van der Waals surface area contributed by atoms with Gasteiger partial charge in [0.25, 0.3) is 0 Å². The summed E-state index contributed by atoms with van der Waals surface area (Å²) in [5.74, 6) is 1.67. The molecule has 1 aliphatic heterocycles. The van der Waals surface area contributed by atoms with Crippen LogP contribution in [-0.2, 0) is 0 Å². The van der Waals surface area contributed by atoms with E-state index < -0.39 is 0 Å². The number of imidazole rings is 1. The summed E-state index contributed by atoms with van der Waals surface area (Å²) >= 11 is 0. The molecule has 0 amide bonds. The van der Waals surface area contributed by atoms with Crippen LogP contribution in [0, 0.1) is 11.3 Å². The molecule has 5 rings (SSSR count). The molecule has 30 heavy (non-hydrogen) atoms. The van der Waals surface area contributed by atoms with Gasteiger partial charge in [0, 0.05) is 55.4 Å². The van der Waals surface area contributed by atoms with Crippen LogP contribution in [-0.4, -0.2) is 45.7 Å². The minimum absolute atomic E-state index is 0.666. The van der Waals surface area contributed by atoms with Crippen molar-refractivity contribution in [3.63, 3.8) is 0 Å². The molecule has 0 spiro atoms. The van der Waals surface area contributed by atoms with E-state index in [9.17, 15) is 5.26 Å². The Labute approximate surface area is 174 Å². The molecule has 0 atom stereocenters. The first kappa shape index (κ1) is 18.2. The van der Waals surface area contributed by atoms with Crippen molar-refractivity contribution in [2.45, 2.75) is 0 Å². The van der Waals surface area contributed by atoms with Gasteiger partial charge in [-0.2, -0.15) is 5.26 Å². The summed E-state index contributed by atoms with van der Waals surface area (Å²) < 4.78 is 1.91. The monoisotopic (exact) mass is 395 g/mol. The van der Waals surface area contributed by atoms with E-state index in [2.05, 4.69) is 31.2 Å². The number of nitriles is 1. The Morgan fingerprint density at radius 1 is 0.967 bits per heavy atom. The third-order valence-corrected chi connectivity index (χ3v) is 5.32. The molecule has 3 aromatic heterocycles. The maximum atomic E-state index is 9.62. The van der Waals surface area contributed by atoms with Crippen LogP contribution in [0.3, 0.4) is 0 Å². The third kappa shape index (κ3) is 3.45. The van der Waals surface area contributed by atoms with Crippen LogP contribution in [0.1, 0.15) is 5.56 Å². The molecular weight excluding hydrogens is 374 g/mol. The maximum Gasteiger partial charge on any atom is 0.138 e. The van der Waals surface area contributed by atoms with E-state index in [1.165, 1.54) is 0 Å². The number of benzene rings is 1. The number of aromatic amines is 1. The molecule has 0 bridgehead atoms. The number of hydrogen-bond donors (Lipinski definition) is 2. The standard InChI is InChI=1S/C23H21N7/c24-14-19-12-20(28-23(19)29-10-8-25-9-11-29)18-6-7-26-22(13-18)30-15-21(27-16-30)17-4-2-1-3-5-17/h1-7,12-13,15-16,25,28H,8-11H2. The topological polar surface area (TPSA) is 85.6 Å². The molecule has 0 aliphatic carbocycles. The molecule has 4 heterocycles. The lowest BCUT2D eigenvalue weighted by Gasteiger charge is -2.28. The summed E-state index contributed by atoms with van der Waals surface area (Å²) in [6.45, 7) is 3.60. The first-order chi connectivity index (χ1) is 14.8. The van der Waals surface area contributed by atoms with E-state index in [1.54, 1.807) is 12.5 Å². The van der Waals surface area contributed by atoms with Gasteiger partial charge >= 0.3 is 0 Å². The molecule has 148 valence electrons. The minimum Gasteiger partial charge on any atom is -0.355 e. The molecule has 1 aliphatic rings. The van der Waals surface area contributed by atoms with Crippen molar-refractivity contribution in [1.29, 1.82) is 5.26 Å². The van der Waals surface area contributed by atoms with E-state index >= 15 is 0 Å². The molecule has 1 aromatic carbocycles. The van der Waals surface area contributed by atoms with Gasteiger partial charge in [0.15, 0.2) is 0 Å². The van der Waals surface area contributed by atoms with Gasteiger partial charge in [-0.15, -0.1) is 0 Å². The molecule has 0 radical (unpaired) electrons. The molecule has 0 unspecified atom stereocenters. The highest BCUT2D eigenvalue weighted by atomic mass is 15.2. The van der Waals surface area contributed by atoms with Gasteiger partial charge in [0.05, 0.1) is 11.3 Å². The lowest BCUT2D eigenvalue weighted by Crippen LogP contribution is -2.44. The number of pyridine rings is 1. The summed E-state index contributed by atoms with van der Waals surface area (Å²) in [4.78, 5) is 14.7. The lowest BCUT2D eigenvalue weighted by atomic mass is 10.1. The fourth-order valence-electron chi connectivity index (χ4n) is 3.76. The summed E-state index contributed by atoms with van der Waals surface area (Å²) in [6.07, 6.45) is 5.53. The van der Waals surface area contributed by atoms with Gasteiger partial charge in [-0.05, 0) is 18.2 Å². The molecular formula is C23H21N7. The quantitative estimate of drug-likeness (QED) is 0.554.